The zero-order valence-corrected chi connectivity index (χ0v) is 14.2. The molecule has 0 aromatic heterocycles. The normalized spacial score (nSPS) is 24.2. The van der Waals surface area contributed by atoms with Gasteiger partial charge in [-0.1, -0.05) is 36.8 Å². The van der Waals surface area contributed by atoms with Gasteiger partial charge in [0.15, 0.2) is 0 Å². The molecular formula is C19H27N3O2. The molecule has 1 saturated carbocycles. The SMILES string of the molecule is NC[C@H]1CCC[C@H]1C(=O)N1CCN(C(=O)Cc2ccccc2)CC1. The smallest absolute Gasteiger partial charge is 0.227 e. The molecule has 2 N–H and O–H groups in total. The van der Waals surface area contributed by atoms with Crippen LogP contribution in [0.15, 0.2) is 30.3 Å². The molecule has 3 rings (SSSR count). The average Bonchev–Trinajstić information content (AvgIpc) is 3.11. The molecule has 0 radical (unpaired) electrons. The van der Waals surface area contributed by atoms with Crippen molar-refractivity contribution in [2.45, 2.75) is 25.7 Å². The highest BCUT2D eigenvalue weighted by molar-refractivity contribution is 5.81. The van der Waals surface area contributed by atoms with E-state index < -0.39 is 0 Å². The lowest BCUT2D eigenvalue weighted by Gasteiger charge is -2.36. The highest BCUT2D eigenvalue weighted by Gasteiger charge is 2.36. The van der Waals surface area contributed by atoms with Crippen LogP contribution in [0.5, 0.6) is 0 Å². The third-order valence-corrected chi connectivity index (χ3v) is 5.42. The summed E-state index contributed by atoms with van der Waals surface area (Å²) in [7, 11) is 0. The second-order valence-corrected chi connectivity index (χ2v) is 6.90. The van der Waals surface area contributed by atoms with E-state index in [4.69, 9.17) is 5.73 Å². The highest BCUT2D eigenvalue weighted by Crippen LogP contribution is 2.32. The van der Waals surface area contributed by atoms with Gasteiger partial charge in [-0.15, -0.1) is 0 Å². The van der Waals surface area contributed by atoms with Crippen LogP contribution >= 0.6 is 0 Å². The van der Waals surface area contributed by atoms with Crippen molar-refractivity contribution in [3.63, 3.8) is 0 Å². The minimum Gasteiger partial charge on any atom is -0.339 e. The summed E-state index contributed by atoms with van der Waals surface area (Å²) in [5, 5.41) is 0. The van der Waals surface area contributed by atoms with Gasteiger partial charge in [0.25, 0.3) is 0 Å². The molecule has 0 unspecified atom stereocenters. The van der Waals surface area contributed by atoms with Crippen LogP contribution in [0, 0.1) is 11.8 Å². The van der Waals surface area contributed by atoms with E-state index in [9.17, 15) is 9.59 Å². The fourth-order valence-corrected chi connectivity index (χ4v) is 3.94. The zero-order chi connectivity index (χ0) is 16.9. The Kier molecular flexibility index (Phi) is 5.51. The maximum absolute atomic E-state index is 12.7. The summed E-state index contributed by atoms with van der Waals surface area (Å²) in [6.45, 7) is 3.17. The summed E-state index contributed by atoms with van der Waals surface area (Å²) in [6, 6.07) is 9.81. The standard InChI is InChI=1S/C19H27N3O2/c20-14-16-7-4-8-17(16)19(24)22-11-9-21(10-12-22)18(23)13-15-5-2-1-3-6-15/h1-3,5-6,16-17H,4,7-14,20H2/t16-,17-/m1/s1. The van der Waals surface area contributed by atoms with Crippen LogP contribution in [-0.2, 0) is 16.0 Å². The Labute approximate surface area is 143 Å². The van der Waals surface area contributed by atoms with Crippen molar-refractivity contribution in [2.75, 3.05) is 32.7 Å². The summed E-state index contributed by atoms with van der Waals surface area (Å²) in [5.74, 6) is 0.837. The molecule has 1 aliphatic heterocycles. The van der Waals surface area contributed by atoms with E-state index in [2.05, 4.69) is 0 Å². The molecule has 5 nitrogen and oxygen atoms in total. The minimum atomic E-state index is 0.0987. The first-order valence-electron chi connectivity index (χ1n) is 8.99. The van der Waals surface area contributed by atoms with Gasteiger partial charge in [-0.05, 0) is 30.9 Å². The number of carbonyl (C=O) groups is 2. The Hall–Kier alpha value is -1.88. The summed E-state index contributed by atoms with van der Waals surface area (Å²) in [4.78, 5) is 28.9. The number of amides is 2. The second kappa shape index (κ2) is 7.79. The largest absolute Gasteiger partial charge is 0.339 e. The number of rotatable bonds is 4. The lowest BCUT2D eigenvalue weighted by Crippen LogP contribution is -2.52. The van der Waals surface area contributed by atoms with E-state index in [1.807, 2.05) is 40.1 Å². The van der Waals surface area contributed by atoms with E-state index in [1.54, 1.807) is 0 Å². The molecule has 1 aromatic carbocycles. The Bertz CT molecular complexity index is 567. The lowest BCUT2D eigenvalue weighted by molar-refractivity contribution is -0.142. The van der Waals surface area contributed by atoms with Gasteiger partial charge >= 0.3 is 0 Å². The van der Waals surface area contributed by atoms with Gasteiger partial charge in [0.2, 0.25) is 11.8 Å². The molecule has 1 aliphatic carbocycles. The molecule has 2 atom stereocenters. The maximum Gasteiger partial charge on any atom is 0.227 e. The fraction of sp³-hybridized carbons (Fsp3) is 0.579. The zero-order valence-electron chi connectivity index (χ0n) is 14.2. The van der Waals surface area contributed by atoms with Crippen molar-refractivity contribution in [1.82, 2.24) is 9.80 Å². The topological polar surface area (TPSA) is 66.6 Å². The second-order valence-electron chi connectivity index (χ2n) is 6.90. The lowest BCUT2D eigenvalue weighted by atomic mass is 9.94. The summed E-state index contributed by atoms with van der Waals surface area (Å²) in [6.07, 6.45) is 3.58. The number of nitrogens with zero attached hydrogens (tertiary/aromatic N) is 2. The third-order valence-electron chi connectivity index (χ3n) is 5.42. The van der Waals surface area contributed by atoms with Crippen molar-refractivity contribution in [1.29, 1.82) is 0 Å². The molecule has 5 heteroatoms. The number of nitrogens with two attached hydrogens (primary N) is 1. The van der Waals surface area contributed by atoms with Crippen molar-refractivity contribution >= 4 is 11.8 Å². The molecule has 24 heavy (non-hydrogen) atoms. The molecule has 0 bridgehead atoms. The van der Waals surface area contributed by atoms with Gasteiger partial charge in [0.05, 0.1) is 6.42 Å². The molecule has 0 spiro atoms. The predicted octanol–water partition coefficient (Wildman–Crippen LogP) is 1.27. The summed E-state index contributed by atoms with van der Waals surface area (Å²) in [5.41, 5.74) is 6.84. The number of hydrogen-bond donors (Lipinski definition) is 1. The van der Waals surface area contributed by atoms with Crippen LogP contribution in [0.1, 0.15) is 24.8 Å². The highest BCUT2D eigenvalue weighted by atomic mass is 16.2. The average molecular weight is 329 g/mol. The van der Waals surface area contributed by atoms with Gasteiger partial charge < -0.3 is 15.5 Å². The molecule has 2 fully saturated rings. The van der Waals surface area contributed by atoms with Crippen LogP contribution in [0.3, 0.4) is 0 Å². The molecule has 2 amide bonds. The van der Waals surface area contributed by atoms with Crippen LogP contribution in [-0.4, -0.2) is 54.3 Å². The van der Waals surface area contributed by atoms with Crippen molar-refractivity contribution < 1.29 is 9.59 Å². The first kappa shape index (κ1) is 17.0. The van der Waals surface area contributed by atoms with Gasteiger partial charge in [-0.3, -0.25) is 9.59 Å². The molecule has 1 saturated heterocycles. The Morgan fingerprint density at radius 1 is 1.00 bits per heavy atom. The molecule has 2 aliphatic rings. The van der Waals surface area contributed by atoms with Gasteiger partial charge in [0, 0.05) is 32.1 Å². The number of benzene rings is 1. The Morgan fingerprint density at radius 3 is 2.33 bits per heavy atom. The van der Waals surface area contributed by atoms with Crippen LogP contribution in [0.4, 0.5) is 0 Å². The number of carbonyl (C=O) groups excluding carboxylic acids is 2. The van der Waals surface area contributed by atoms with Gasteiger partial charge in [-0.2, -0.15) is 0 Å². The molecule has 1 aromatic rings. The van der Waals surface area contributed by atoms with Crippen molar-refractivity contribution in [3.05, 3.63) is 35.9 Å². The van der Waals surface area contributed by atoms with Crippen LogP contribution in [0.2, 0.25) is 0 Å². The van der Waals surface area contributed by atoms with Gasteiger partial charge in [0.1, 0.15) is 0 Å². The third kappa shape index (κ3) is 3.78. The van der Waals surface area contributed by atoms with E-state index in [-0.39, 0.29) is 17.7 Å². The quantitative estimate of drug-likeness (QED) is 0.905. The van der Waals surface area contributed by atoms with Crippen molar-refractivity contribution in [2.24, 2.45) is 17.6 Å². The predicted molar refractivity (Wildman–Crippen MR) is 93.2 cm³/mol. The minimum absolute atomic E-state index is 0.0987. The Morgan fingerprint density at radius 2 is 1.67 bits per heavy atom. The summed E-state index contributed by atoms with van der Waals surface area (Å²) >= 11 is 0. The fourth-order valence-electron chi connectivity index (χ4n) is 3.94. The summed E-state index contributed by atoms with van der Waals surface area (Å²) < 4.78 is 0. The molecule has 130 valence electrons. The first-order chi connectivity index (χ1) is 11.7. The van der Waals surface area contributed by atoms with Crippen LogP contribution in [0.25, 0.3) is 0 Å². The number of hydrogen-bond acceptors (Lipinski definition) is 3. The maximum atomic E-state index is 12.7. The van der Waals surface area contributed by atoms with E-state index in [0.29, 0.717) is 45.1 Å². The molecular weight excluding hydrogens is 302 g/mol. The number of piperazine rings is 1. The van der Waals surface area contributed by atoms with Crippen LogP contribution < -0.4 is 5.73 Å². The van der Waals surface area contributed by atoms with E-state index in [0.717, 1.165) is 24.8 Å². The monoisotopic (exact) mass is 329 g/mol. The molecule has 1 heterocycles. The van der Waals surface area contributed by atoms with E-state index in [1.165, 1.54) is 0 Å². The first-order valence-corrected chi connectivity index (χ1v) is 8.99. The Balaban J connectivity index is 1.50. The van der Waals surface area contributed by atoms with E-state index >= 15 is 0 Å². The van der Waals surface area contributed by atoms with Crippen molar-refractivity contribution in [3.8, 4) is 0 Å². The van der Waals surface area contributed by atoms with Gasteiger partial charge in [-0.25, -0.2) is 0 Å².